The fourth-order valence-electron chi connectivity index (χ4n) is 13.1. The normalized spacial score (nSPS) is 22.9. The number of nitrogens with zero attached hydrogens (tertiary/aromatic N) is 2. The fourth-order valence-corrected chi connectivity index (χ4v) is 18.9. The third kappa shape index (κ3) is 9.54. The Morgan fingerprint density at radius 3 is 1.88 bits per heavy atom. The molecule has 0 atom stereocenters. The number of rotatable bonds is 14. The average Bonchev–Trinajstić information content (AvgIpc) is 3.30. The van der Waals surface area contributed by atoms with Crippen LogP contribution < -0.4 is 20.0 Å². The van der Waals surface area contributed by atoms with Crippen molar-refractivity contribution in [2.24, 2.45) is 23.2 Å². The van der Waals surface area contributed by atoms with Crippen LogP contribution in [0.1, 0.15) is 108 Å². The molecule has 10 rings (SSSR count). The highest BCUT2D eigenvalue weighted by Crippen LogP contribution is 2.62. The van der Waals surface area contributed by atoms with Gasteiger partial charge < -0.3 is 14.1 Å². The number of allylic oxidation sites excluding steroid dienone is 4. The van der Waals surface area contributed by atoms with E-state index in [0.717, 1.165) is 53.2 Å². The zero-order valence-electron chi connectivity index (χ0n) is 41.2. The van der Waals surface area contributed by atoms with Gasteiger partial charge >= 0.3 is 0 Å². The summed E-state index contributed by atoms with van der Waals surface area (Å²) in [5, 5.41) is 12.4. The van der Waals surface area contributed by atoms with Crippen molar-refractivity contribution in [3.8, 4) is 11.8 Å². The molecule has 4 nitrogen and oxygen atoms in total. The van der Waals surface area contributed by atoms with Crippen LogP contribution in [0.15, 0.2) is 154 Å². The van der Waals surface area contributed by atoms with Gasteiger partial charge in [-0.25, -0.2) is 0 Å². The molecule has 67 heavy (non-hydrogen) atoms. The molecule has 0 heterocycles. The molecule has 4 fully saturated rings. The smallest absolute Gasteiger partial charge is 0.261 e. The Balaban J connectivity index is 1.09. The van der Waals surface area contributed by atoms with Gasteiger partial charge in [-0.1, -0.05) is 150 Å². The van der Waals surface area contributed by atoms with Crippen LogP contribution in [-0.4, -0.2) is 28.6 Å². The van der Waals surface area contributed by atoms with Gasteiger partial charge in [0.2, 0.25) is 0 Å². The Kier molecular flexibility index (Phi) is 13.4. The monoisotopic (exact) mass is 922 g/mol. The summed E-state index contributed by atoms with van der Waals surface area (Å²) in [6, 6.07) is 47.1. The number of nitriles is 1. The third-order valence-electron chi connectivity index (χ3n) is 15.6. The molecule has 4 saturated carbocycles. The molecule has 0 N–H and O–H groups in total. The standard InChI is InChI=1S/C61H70N2O2SSi/c1-43-16-15-17-44(2)57(43)66-58-49(41-60(6,7)42-50(58)30-31-62)25-22-45-23-26-51(27-24-45)63(32-33-65-67(59(3,4)5,53-18-11-9-12-19-53)54-20-13-10-14-21-54)52-28-29-56(64-8)55(37-52)61-38-46-34-47(39-61)36-48(35-46)40-61/h9-30,37,46-48H,32-36,38-42H2,1-8H3/b25-22+,50-30+. The van der Waals surface area contributed by atoms with Gasteiger partial charge in [0, 0.05) is 39.4 Å². The van der Waals surface area contributed by atoms with E-state index in [2.05, 4.69) is 193 Å². The van der Waals surface area contributed by atoms with Crippen molar-refractivity contribution in [3.05, 3.63) is 172 Å². The van der Waals surface area contributed by atoms with Gasteiger partial charge in [-0.15, -0.1) is 0 Å². The summed E-state index contributed by atoms with van der Waals surface area (Å²) >= 11 is 1.83. The molecule has 0 saturated heterocycles. The van der Waals surface area contributed by atoms with E-state index >= 15 is 0 Å². The number of aryl methyl sites for hydroxylation is 2. The lowest BCUT2D eigenvalue weighted by Gasteiger charge is -2.57. The van der Waals surface area contributed by atoms with Crippen LogP contribution in [-0.2, 0) is 9.84 Å². The van der Waals surface area contributed by atoms with Gasteiger partial charge in [-0.05, 0) is 167 Å². The molecule has 5 aliphatic carbocycles. The van der Waals surface area contributed by atoms with Gasteiger partial charge in [-0.3, -0.25) is 0 Å². The highest BCUT2D eigenvalue weighted by molar-refractivity contribution is 8.03. The van der Waals surface area contributed by atoms with Crippen molar-refractivity contribution >= 4 is 47.9 Å². The summed E-state index contributed by atoms with van der Waals surface area (Å²) in [5.74, 6) is 3.54. The maximum absolute atomic E-state index is 9.93. The predicted octanol–water partition coefficient (Wildman–Crippen LogP) is 14.8. The highest BCUT2D eigenvalue weighted by atomic mass is 32.2. The molecule has 0 aliphatic heterocycles. The minimum absolute atomic E-state index is 0.0431. The summed E-state index contributed by atoms with van der Waals surface area (Å²) in [6.45, 7) is 17.4. The summed E-state index contributed by atoms with van der Waals surface area (Å²) in [5.41, 5.74) is 10.1. The number of ether oxygens (including phenoxy) is 1. The van der Waals surface area contributed by atoms with E-state index in [-0.39, 0.29) is 15.9 Å². The first-order valence-corrected chi connectivity index (χ1v) is 27.5. The van der Waals surface area contributed by atoms with E-state index in [9.17, 15) is 5.26 Å². The topological polar surface area (TPSA) is 45.5 Å². The molecule has 5 aliphatic rings. The van der Waals surface area contributed by atoms with Gasteiger partial charge in [0.05, 0.1) is 19.8 Å². The van der Waals surface area contributed by atoms with Crippen LogP contribution in [0.3, 0.4) is 0 Å². The number of thioether (sulfide) groups is 1. The summed E-state index contributed by atoms with van der Waals surface area (Å²) in [7, 11) is -0.911. The predicted molar refractivity (Wildman–Crippen MR) is 284 cm³/mol. The molecule has 0 amide bonds. The number of anilines is 2. The van der Waals surface area contributed by atoms with Crippen LogP contribution >= 0.6 is 11.8 Å². The van der Waals surface area contributed by atoms with Gasteiger partial charge in [0.15, 0.2) is 0 Å². The van der Waals surface area contributed by atoms with Crippen molar-refractivity contribution < 1.29 is 9.16 Å². The van der Waals surface area contributed by atoms with E-state index in [4.69, 9.17) is 9.16 Å². The number of hydrogen-bond donors (Lipinski definition) is 0. The lowest BCUT2D eigenvalue weighted by atomic mass is 9.48. The van der Waals surface area contributed by atoms with E-state index in [0.29, 0.717) is 13.2 Å². The Morgan fingerprint density at radius 1 is 0.746 bits per heavy atom. The third-order valence-corrected chi connectivity index (χ3v) is 22.2. The molecule has 6 heteroatoms. The number of hydrogen-bond acceptors (Lipinski definition) is 5. The second-order valence-corrected chi connectivity index (χ2v) is 27.5. The minimum atomic E-state index is -2.77. The molecule has 0 spiro atoms. The maximum Gasteiger partial charge on any atom is 0.261 e. The van der Waals surface area contributed by atoms with Gasteiger partial charge in [0.1, 0.15) is 5.75 Å². The average molecular weight is 923 g/mol. The van der Waals surface area contributed by atoms with Gasteiger partial charge in [0.25, 0.3) is 8.32 Å². The Labute approximate surface area is 407 Å². The van der Waals surface area contributed by atoms with Crippen LogP contribution in [0.5, 0.6) is 5.75 Å². The number of benzene rings is 5. The Bertz CT molecular complexity index is 2610. The van der Waals surface area contributed by atoms with Crippen molar-refractivity contribution in [1.82, 2.24) is 0 Å². The molecule has 4 bridgehead atoms. The summed E-state index contributed by atoms with van der Waals surface area (Å²) in [6.07, 6.45) is 16.3. The zero-order chi connectivity index (χ0) is 47.0. The molecule has 0 unspecified atom stereocenters. The van der Waals surface area contributed by atoms with Crippen molar-refractivity contribution in [1.29, 1.82) is 5.26 Å². The highest BCUT2D eigenvalue weighted by Gasteiger charge is 2.53. The lowest BCUT2D eigenvalue weighted by molar-refractivity contribution is -0.00613. The first-order chi connectivity index (χ1) is 32.2. The van der Waals surface area contributed by atoms with E-state index in [1.165, 1.54) is 86.6 Å². The summed E-state index contributed by atoms with van der Waals surface area (Å²) < 4.78 is 13.8. The van der Waals surface area contributed by atoms with E-state index in [1.54, 1.807) is 6.08 Å². The maximum atomic E-state index is 9.93. The van der Waals surface area contributed by atoms with E-state index < -0.39 is 8.32 Å². The van der Waals surface area contributed by atoms with Crippen LogP contribution in [0, 0.1) is 48.3 Å². The molecule has 0 radical (unpaired) electrons. The molecule has 5 aromatic carbocycles. The molecular formula is C61H70N2O2SSi. The van der Waals surface area contributed by atoms with Crippen LogP contribution in [0.2, 0.25) is 5.04 Å². The van der Waals surface area contributed by atoms with Crippen LogP contribution in [0.25, 0.3) is 6.08 Å². The van der Waals surface area contributed by atoms with E-state index in [1.807, 2.05) is 18.9 Å². The van der Waals surface area contributed by atoms with Crippen molar-refractivity contribution in [2.45, 2.75) is 115 Å². The summed E-state index contributed by atoms with van der Waals surface area (Å²) in [4.78, 5) is 4.99. The minimum Gasteiger partial charge on any atom is -0.496 e. The second-order valence-electron chi connectivity index (χ2n) is 22.2. The SMILES string of the molecule is COc1ccc(N(CCO[Si](c2ccccc2)(c2ccccc2)C(C)(C)C)c2ccc(/C=C/C3=C(Sc4c(C)cccc4C)C(=C/C#N)/CC(C)(C)C3)cc2)cc1C12CC3CC(CC(C3)C1)C2. The Hall–Kier alpha value is -5.06. The molecule has 346 valence electrons. The van der Waals surface area contributed by atoms with Crippen molar-refractivity contribution in [3.63, 3.8) is 0 Å². The zero-order valence-corrected chi connectivity index (χ0v) is 43.0. The first-order valence-electron chi connectivity index (χ1n) is 24.8. The van der Waals surface area contributed by atoms with Gasteiger partial charge in [-0.2, -0.15) is 5.26 Å². The quantitative estimate of drug-likeness (QED) is 0.0820. The fraction of sp³-hybridized carbons (Fsp3) is 0.393. The first kappa shape index (κ1) is 47.0. The Morgan fingerprint density at radius 2 is 1.33 bits per heavy atom. The lowest BCUT2D eigenvalue weighted by Crippen LogP contribution is -2.67. The molecule has 5 aromatic rings. The number of methoxy groups -OCH3 is 1. The van der Waals surface area contributed by atoms with Crippen LogP contribution in [0.4, 0.5) is 11.4 Å². The largest absolute Gasteiger partial charge is 0.496 e. The molecule has 0 aromatic heterocycles. The van der Waals surface area contributed by atoms with Crippen molar-refractivity contribution in [2.75, 3.05) is 25.2 Å². The molecular weight excluding hydrogens is 853 g/mol. The second kappa shape index (κ2) is 19.1.